The average Bonchev–Trinajstić information content (AvgIpc) is 3.19. The van der Waals surface area contributed by atoms with E-state index >= 15 is 0 Å². The summed E-state index contributed by atoms with van der Waals surface area (Å²) in [6.45, 7) is 6.22. The lowest BCUT2D eigenvalue weighted by molar-refractivity contribution is 0.242. The third-order valence-electron chi connectivity index (χ3n) is 7.85. The topological polar surface area (TPSA) is 72.8 Å². The standard InChI is InChI=1S/C26H27F2N3O2S/c1-4-5-14-34(32,33)22-11-7-10-21(29-22)26-13-12-17(25(26,2)3)16-15-20(30-31-24(16)26)23-18(27)8-6-9-19(23)28/h6-11,15,17H,4-5,12-14H2,1-3H3/t17-,26-/m0/s1. The Balaban J connectivity index is 1.66. The molecular formula is C26H27F2N3O2S. The number of nitrogens with zero attached hydrogens (tertiary/aromatic N) is 3. The second kappa shape index (κ2) is 7.90. The van der Waals surface area contributed by atoms with Gasteiger partial charge in [0.1, 0.15) is 11.6 Å². The Morgan fingerprint density at radius 1 is 1.06 bits per heavy atom. The molecule has 0 amide bonds. The van der Waals surface area contributed by atoms with Crippen LogP contribution in [0.2, 0.25) is 0 Å². The molecule has 0 spiro atoms. The molecule has 178 valence electrons. The number of sulfone groups is 1. The number of fused-ring (bicyclic) bond motifs is 5. The average molecular weight is 484 g/mol. The second-order valence-corrected chi connectivity index (χ2v) is 11.9. The number of aromatic nitrogens is 3. The van der Waals surface area contributed by atoms with Gasteiger partial charge in [-0.3, -0.25) is 0 Å². The van der Waals surface area contributed by atoms with Crippen molar-refractivity contribution in [2.75, 3.05) is 5.75 Å². The van der Waals surface area contributed by atoms with Crippen LogP contribution in [-0.4, -0.2) is 29.4 Å². The number of benzene rings is 1. The van der Waals surface area contributed by atoms with E-state index in [4.69, 9.17) is 0 Å². The molecule has 1 saturated carbocycles. The third kappa shape index (κ3) is 3.14. The fourth-order valence-corrected chi connectivity index (χ4v) is 7.42. The summed E-state index contributed by atoms with van der Waals surface area (Å²) < 4.78 is 54.6. The Kier molecular flexibility index (Phi) is 5.35. The molecule has 8 heteroatoms. The van der Waals surface area contributed by atoms with E-state index in [1.807, 2.05) is 13.0 Å². The van der Waals surface area contributed by atoms with Crippen LogP contribution >= 0.6 is 0 Å². The zero-order valence-corrected chi connectivity index (χ0v) is 20.3. The van der Waals surface area contributed by atoms with E-state index in [1.165, 1.54) is 18.2 Å². The summed E-state index contributed by atoms with van der Waals surface area (Å²) in [4.78, 5) is 4.68. The molecule has 1 aromatic carbocycles. The van der Waals surface area contributed by atoms with Gasteiger partial charge in [0.2, 0.25) is 0 Å². The van der Waals surface area contributed by atoms with E-state index in [9.17, 15) is 17.2 Å². The Labute approximate surface area is 198 Å². The normalized spacial score (nSPS) is 22.7. The highest BCUT2D eigenvalue weighted by Gasteiger charge is 2.65. The van der Waals surface area contributed by atoms with Crippen molar-refractivity contribution in [3.63, 3.8) is 0 Å². The summed E-state index contributed by atoms with van der Waals surface area (Å²) in [7, 11) is -3.49. The minimum Gasteiger partial charge on any atom is -0.240 e. The molecule has 2 aliphatic rings. The van der Waals surface area contributed by atoms with E-state index in [1.54, 1.807) is 18.2 Å². The van der Waals surface area contributed by atoms with Crippen LogP contribution in [0.5, 0.6) is 0 Å². The van der Waals surface area contributed by atoms with E-state index in [2.05, 4.69) is 29.0 Å². The molecule has 0 unspecified atom stereocenters. The van der Waals surface area contributed by atoms with Crippen LogP contribution in [0.15, 0.2) is 47.5 Å². The minimum atomic E-state index is -3.49. The van der Waals surface area contributed by atoms with Gasteiger partial charge in [-0.2, -0.15) is 5.10 Å². The van der Waals surface area contributed by atoms with Crippen molar-refractivity contribution in [3.8, 4) is 11.3 Å². The summed E-state index contributed by atoms with van der Waals surface area (Å²) in [6.07, 6.45) is 2.96. The molecule has 0 N–H and O–H groups in total. The Morgan fingerprint density at radius 2 is 1.76 bits per heavy atom. The third-order valence-corrected chi connectivity index (χ3v) is 9.54. The predicted octanol–water partition coefficient (Wildman–Crippen LogP) is 5.59. The second-order valence-electron chi connectivity index (χ2n) is 9.88. The number of unbranched alkanes of at least 4 members (excludes halogenated alkanes) is 1. The Morgan fingerprint density at radius 3 is 2.47 bits per heavy atom. The molecule has 1 fully saturated rings. The molecule has 2 aromatic heterocycles. The van der Waals surface area contributed by atoms with Gasteiger partial charge in [0.25, 0.3) is 0 Å². The highest BCUT2D eigenvalue weighted by atomic mass is 32.2. The fraction of sp³-hybridized carbons (Fsp3) is 0.423. The SMILES string of the molecule is CCCCS(=O)(=O)c1cccc([C@@]23CC[C@@H](c4cc(-c5c(F)cccc5F)nnc42)C3(C)C)n1. The van der Waals surface area contributed by atoms with Crippen molar-refractivity contribution in [1.29, 1.82) is 0 Å². The minimum absolute atomic E-state index is 0.0624. The molecule has 2 heterocycles. The lowest BCUT2D eigenvalue weighted by atomic mass is 9.66. The molecule has 5 rings (SSSR count). The maximum atomic E-state index is 14.4. The quantitative estimate of drug-likeness (QED) is 0.457. The molecule has 34 heavy (non-hydrogen) atoms. The highest BCUT2D eigenvalue weighted by Crippen LogP contribution is 2.69. The van der Waals surface area contributed by atoms with Crippen LogP contribution in [0.3, 0.4) is 0 Å². The van der Waals surface area contributed by atoms with Crippen LogP contribution in [0.1, 0.15) is 69.3 Å². The highest BCUT2D eigenvalue weighted by molar-refractivity contribution is 7.91. The van der Waals surface area contributed by atoms with Crippen molar-refractivity contribution >= 4 is 9.84 Å². The smallest absolute Gasteiger partial charge is 0.195 e. The largest absolute Gasteiger partial charge is 0.240 e. The molecule has 0 saturated heterocycles. The van der Waals surface area contributed by atoms with Gasteiger partial charge in [-0.1, -0.05) is 39.3 Å². The number of hydrogen-bond donors (Lipinski definition) is 0. The lowest BCUT2D eigenvalue weighted by Gasteiger charge is -2.37. The van der Waals surface area contributed by atoms with Crippen molar-refractivity contribution in [2.45, 2.75) is 62.8 Å². The van der Waals surface area contributed by atoms with Crippen LogP contribution in [0, 0.1) is 17.0 Å². The number of rotatable bonds is 6. The number of halogens is 2. The maximum Gasteiger partial charge on any atom is 0.195 e. The molecule has 3 aromatic rings. The van der Waals surface area contributed by atoms with Crippen LogP contribution < -0.4 is 0 Å². The summed E-state index contributed by atoms with van der Waals surface area (Å²) in [6, 6.07) is 10.6. The van der Waals surface area contributed by atoms with Gasteiger partial charge in [-0.15, -0.1) is 5.10 Å². The number of pyridine rings is 1. The van der Waals surface area contributed by atoms with Crippen molar-refractivity contribution in [1.82, 2.24) is 15.2 Å². The van der Waals surface area contributed by atoms with Gasteiger partial charge in [0, 0.05) is 0 Å². The first-order valence-electron chi connectivity index (χ1n) is 11.7. The molecule has 2 atom stereocenters. The maximum absolute atomic E-state index is 14.4. The summed E-state index contributed by atoms with van der Waals surface area (Å²) in [5.74, 6) is -1.21. The van der Waals surface area contributed by atoms with E-state index < -0.39 is 26.9 Å². The Hall–Kier alpha value is -2.74. The van der Waals surface area contributed by atoms with Crippen LogP contribution in [-0.2, 0) is 15.3 Å². The van der Waals surface area contributed by atoms with E-state index in [0.29, 0.717) is 12.1 Å². The first-order chi connectivity index (χ1) is 16.1. The zero-order chi connectivity index (χ0) is 24.3. The van der Waals surface area contributed by atoms with E-state index in [-0.39, 0.29) is 33.4 Å². The molecule has 5 nitrogen and oxygen atoms in total. The molecule has 0 radical (unpaired) electrons. The van der Waals surface area contributed by atoms with E-state index in [0.717, 1.165) is 30.5 Å². The van der Waals surface area contributed by atoms with Crippen molar-refractivity contribution in [3.05, 3.63) is 71.1 Å². The van der Waals surface area contributed by atoms with Crippen molar-refractivity contribution in [2.24, 2.45) is 5.41 Å². The zero-order valence-electron chi connectivity index (χ0n) is 19.5. The van der Waals surface area contributed by atoms with Gasteiger partial charge in [0.15, 0.2) is 14.9 Å². The molecule has 2 bridgehead atoms. The first kappa shape index (κ1) is 23.0. The monoisotopic (exact) mass is 483 g/mol. The Bertz CT molecular complexity index is 1370. The van der Waals surface area contributed by atoms with Crippen LogP contribution in [0.4, 0.5) is 8.78 Å². The van der Waals surface area contributed by atoms with Gasteiger partial charge < -0.3 is 0 Å². The van der Waals surface area contributed by atoms with Crippen molar-refractivity contribution < 1.29 is 17.2 Å². The van der Waals surface area contributed by atoms with Gasteiger partial charge in [-0.05, 0) is 66.5 Å². The number of hydrogen-bond acceptors (Lipinski definition) is 5. The molecular weight excluding hydrogens is 456 g/mol. The summed E-state index contributed by atoms with van der Waals surface area (Å²) >= 11 is 0. The molecule has 0 aliphatic heterocycles. The molecule has 2 aliphatic carbocycles. The predicted molar refractivity (Wildman–Crippen MR) is 125 cm³/mol. The van der Waals surface area contributed by atoms with Gasteiger partial charge >= 0.3 is 0 Å². The van der Waals surface area contributed by atoms with Gasteiger partial charge in [-0.25, -0.2) is 22.2 Å². The fourth-order valence-electron chi connectivity index (χ4n) is 6.02. The lowest BCUT2D eigenvalue weighted by Crippen LogP contribution is -2.38. The summed E-state index contributed by atoms with van der Waals surface area (Å²) in [5.41, 5.74) is 1.33. The van der Waals surface area contributed by atoms with Crippen LogP contribution in [0.25, 0.3) is 11.3 Å². The summed E-state index contributed by atoms with van der Waals surface area (Å²) in [5, 5.41) is 8.83. The van der Waals surface area contributed by atoms with Gasteiger partial charge in [0.05, 0.1) is 33.8 Å². The first-order valence-corrected chi connectivity index (χ1v) is 13.3.